The van der Waals surface area contributed by atoms with Crippen molar-refractivity contribution in [2.45, 2.75) is 12.8 Å². The molecule has 1 unspecified atom stereocenters. The zero-order chi connectivity index (χ0) is 16.7. The van der Waals surface area contributed by atoms with E-state index in [1.807, 2.05) is 0 Å². The van der Waals surface area contributed by atoms with Gasteiger partial charge in [0.1, 0.15) is 28.5 Å². The fraction of sp³-hybridized carbons (Fsp3) is 0.294. The van der Waals surface area contributed by atoms with E-state index in [4.69, 9.17) is 4.42 Å². The van der Waals surface area contributed by atoms with E-state index in [-0.39, 0.29) is 5.91 Å². The summed E-state index contributed by atoms with van der Waals surface area (Å²) in [6, 6.07) is 6.50. The Morgan fingerprint density at radius 1 is 1.12 bits per heavy atom. The van der Waals surface area contributed by atoms with Crippen molar-refractivity contribution in [3.05, 3.63) is 47.7 Å². The first-order valence-corrected chi connectivity index (χ1v) is 7.74. The maximum Gasteiger partial charge on any atom is 0.253 e. The molecule has 2 aromatic rings. The Labute approximate surface area is 136 Å². The number of halogens is 2. The first-order valence-electron chi connectivity index (χ1n) is 7.74. The molecule has 1 amide bonds. The summed E-state index contributed by atoms with van der Waals surface area (Å²) >= 11 is 0. The van der Waals surface area contributed by atoms with Crippen molar-refractivity contribution in [1.29, 1.82) is 0 Å². The summed E-state index contributed by atoms with van der Waals surface area (Å²) in [6.45, 7) is 1.34. The summed E-state index contributed by atoms with van der Waals surface area (Å²) in [5.41, 5.74) is 2.60. The Kier molecular flexibility index (Phi) is 3.45. The van der Waals surface area contributed by atoms with Crippen LogP contribution in [-0.4, -0.2) is 24.7 Å². The van der Waals surface area contributed by atoms with E-state index >= 15 is 0 Å². The number of nitrogens with zero attached hydrogens (tertiary/aromatic N) is 1. The van der Waals surface area contributed by atoms with E-state index in [9.17, 15) is 13.6 Å². The summed E-state index contributed by atoms with van der Waals surface area (Å²) in [5, 5.41) is 7.36. The van der Waals surface area contributed by atoms with Gasteiger partial charge in [0.15, 0.2) is 5.76 Å². The van der Waals surface area contributed by atoms with Crippen LogP contribution >= 0.6 is 0 Å². The largest absolute Gasteiger partial charge is 0.455 e. The van der Waals surface area contributed by atoms with Crippen LogP contribution in [0.15, 0.2) is 39.9 Å². The second kappa shape index (κ2) is 5.52. The quantitative estimate of drug-likeness (QED) is 0.888. The lowest BCUT2D eigenvalue weighted by molar-refractivity contribution is -0.126. The molecule has 2 aliphatic rings. The second-order valence-electron chi connectivity index (χ2n) is 6.09. The third-order valence-corrected chi connectivity index (χ3v) is 4.53. The SMILES string of the molecule is O=C1NN=C(c2ccc(-c3cc(F)cc(F)c3)o2)C12CCCNC2. The lowest BCUT2D eigenvalue weighted by atomic mass is 9.75. The second-order valence-corrected chi connectivity index (χ2v) is 6.09. The highest BCUT2D eigenvalue weighted by molar-refractivity contribution is 6.19. The van der Waals surface area contributed by atoms with Crippen LogP contribution in [0.2, 0.25) is 0 Å². The molecule has 4 rings (SSSR count). The number of benzene rings is 1. The van der Waals surface area contributed by atoms with Gasteiger partial charge in [-0.25, -0.2) is 14.2 Å². The van der Waals surface area contributed by atoms with Gasteiger partial charge in [-0.05, 0) is 43.7 Å². The first-order chi connectivity index (χ1) is 11.6. The Morgan fingerprint density at radius 2 is 1.88 bits per heavy atom. The smallest absolute Gasteiger partial charge is 0.253 e. The van der Waals surface area contributed by atoms with Crippen molar-refractivity contribution < 1.29 is 18.0 Å². The molecule has 0 bridgehead atoms. The van der Waals surface area contributed by atoms with Gasteiger partial charge in [-0.3, -0.25) is 4.79 Å². The van der Waals surface area contributed by atoms with Crippen LogP contribution in [0.1, 0.15) is 18.6 Å². The van der Waals surface area contributed by atoms with Crippen LogP contribution in [0.25, 0.3) is 11.3 Å². The molecular formula is C17H15F2N3O2. The lowest BCUT2D eigenvalue weighted by Gasteiger charge is -2.31. The third kappa shape index (κ3) is 2.32. The Bertz CT molecular complexity index is 818. The molecule has 0 radical (unpaired) electrons. The average molecular weight is 331 g/mol. The Hall–Kier alpha value is -2.54. The van der Waals surface area contributed by atoms with Crippen molar-refractivity contribution >= 4 is 11.6 Å². The fourth-order valence-corrected chi connectivity index (χ4v) is 3.34. The normalized spacial score (nSPS) is 23.4. The molecule has 2 aliphatic heterocycles. The Morgan fingerprint density at radius 3 is 2.58 bits per heavy atom. The minimum absolute atomic E-state index is 0.153. The zero-order valence-electron chi connectivity index (χ0n) is 12.7. The molecule has 24 heavy (non-hydrogen) atoms. The predicted molar refractivity (Wildman–Crippen MR) is 83.3 cm³/mol. The van der Waals surface area contributed by atoms with Crippen molar-refractivity contribution in [2.75, 3.05) is 13.1 Å². The van der Waals surface area contributed by atoms with E-state index in [2.05, 4.69) is 15.8 Å². The molecule has 3 heterocycles. The summed E-state index contributed by atoms with van der Waals surface area (Å²) in [5.74, 6) is -0.752. The van der Waals surface area contributed by atoms with Crippen molar-refractivity contribution in [1.82, 2.24) is 10.7 Å². The van der Waals surface area contributed by atoms with Crippen LogP contribution in [0.4, 0.5) is 8.78 Å². The molecule has 1 saturated heterocycles. The maximum absolute atomic E-state index is 13.4. The molecule has 5 nitrogen and oxygen atoms in total. The number of hydrogen-bond acceptors (Lipinski definition) is 4. The predicted octanol–water partition coefficient (Wildman–Crippen LogP) is 2.43. The Balaban J connectivity index is 1.71. The van der Waals surface area contributed by atoms with Gasteiger partial charge >= 0.3 is 0 Å². The minimum Gasteiger partial charge on any atom is -0.455 e. The molecule has 1 aromatic carbocycles. The summed E-state index contributed by atoms with van der Waals surface area (Å²) < 4.78 is 32.5. The topological polar surface area (TPSA) is 66.6 Å². The minimum atomic E-state index is -0.749. The molecule has 0 saturated carbocycles. The first kappa shape index (κ1) is 15.0. The number of amides is 1. The number of piperidine rings is 1. The summed E-state index contributed by atoms with van der Waals surface area (Å²) in [7, 11) is 0. The van der Waals surface area contributed by atoms with E-state index < -0.39 is 17.0 Å². The van der Waals surface area contributed by atoms with Crippen LogP contribution < -0.4 is 10.7 Å². The number of hydrazone groups is 1. The van der Waals surface area contributed by atoms with Gasteiger partial charge in [0, 0.05) is 18.2 Å². The lowest BCUT2D eigenvalue weighted by Crippen LogP contribution is -2.50. The number of carbonyl (C=O) groups excluding carboxylic acids is 1. The fourth-order valence-electron chi connectivity index (χ4n) is 3.34. The van der Waals surface area contributed by atoms with Crippen LogP contribution in [0.5, 0.6) is 0 Å². The molecule has 2 N–H and O–H groups in total. The van der Waals surface area contributed by atoms with Gasteiger partial charge in [-0.15, -0.1) is 0 Å². The monoisotopic (exact) mass is 331 g/mol. The van der Waals surface area contributed by atoms with Crippen molar-refractivity contribution in [3.8, 4) is 11.3 Å². The highest BCUT2D eigenvalue weighted by Crippen LogP contribution is 2.36. The van der Waals surface area contributed by atoms with Gasteiger partial charge in [-0.1, -0.05) is 0 Å². The summed E-state index contributed by atoms with van der Waals surface area (Å²) in [4.78, 5) is 12.3. The van der Waals surface area contributed by atoms with Gasteiger partial charge < -0.3 is 9.73 Å². The van der Waals surface area contributed by atoms with E-state index in [1.54, 1.807) is 12.1 Å². The van der Waals surface area contributed by atoms with Crippen LogP contribution in [0.3, 0.4) is 0 Å². The van der Waals surface area contributed by atoms with E-state index in [0.29, 0.717) is 35.8 Å². The molecule has 1 aromatic heterocycles. The molecule has 1 fully saturated rings. The molecule has 7 heteroatoms. The summed E-state index contributed by atoms with van der Waals surface area (Å²) in [6.07, 6.45) is 1.53. The third-order valence-electron chi connectivity index (χ3n) is 4.53. The molecule has 124 valence electrons. The van der Waals surface area contributed by atoms with Crippen molar-refractivity contribution in [3.63, 3.8) is 0 Å². The standard InChI is InChI=1S/C17H15F2N3O2/c18-11-6-10(7-12(19)8-11)13-2-3-14(24-13)15-17(16(23)22-21-15)4-1-5-20-9-17/h2-3,6-8,20H,1,4-5,9H2,(H,22,23). The van der Waals surface area contributed by atoms with Gasteiger partial charge in [-0.2, -0.15) is 5.10 Å². The van der Waals surface area contributed by atoms with Crippen LogP contribution in [0, 0.1) is 17.0 Å². The van der Waals surface area contributed by atoms with E-state index in [1.165, 1.54) is 12.1 Å². The zero-order valence-corrected chi connectivity index (χ0v) is 12.7. The molecular weight excluding hydrogens is 316 g/mol. The number of furan rings is 1. The molecule has 1 spiro atoms. The number of rotatable bonds is 2. The number of nitrogens with one attached hydrogen (secondary N) is 2. The highest BCUT2D eigenvalue weighted by Gasteiger charge is 2.49. The average Bonchev–Trinajstić information content (AvgIpc) is 3.14. The van der Waals surface area contributed by atoms with Crippen LogP contribution in [-0.2, 0) is 4.79 Å². The molecule has 1 atom stereocenters. The highest BCUT2D eigenvalue weighted by atomic mass is 19.1. The van der Waals surface area contributed by atoms with Crippen molar-refractivity contribution in [2.24, 2.45) is 10.5 Å². The van der Waals surface area contributed by atoms with Gasteiger partial charge in [0.05, 0.1) is 0 Å². The van der Waals surface area contributed by atoms with Gasteiger partial charge in [0.2, 0.25) is 0 Å². The van der Waals surface area contributed by atoms with E-state index in [0.717, 1.165) is 19.0 Å². The maximum atomic E-state index is 13.4. The number of carbonyl (C=O) groups is 1. The van der Waals surface area contributed by atoms with Gasteiger partial charge in [0.25, 0.3) is 5.91 Å². The number of hydrogen-bond donors (Lipinski definition) is 2. The molecule has 0 aliphatic carbocycles.